The van der Waals surface area contributed by atoms with Crippen LogP contribution in [-0.2, 0) is 17.8 Å². The van der Waals surface area contributed by atoms with Gasteiger partial charge in [0.15, 0.2) is 0 Å². The van der Waals surface area contributed by atoms with E-state index in [1.165, 1.54) is 12.1 Å². The summed E-state index contributed by atoms with van der Waals surface area (Å²) < 4.78 is 18.7. The molecule has 0 aliphatic carbocycles. The van der Waals surface area contributed by atoms with Gasteiger partial charge in [-0.05, 0) is 66.1 Å². The third-order valence-corrected chi connectivity index (χ3v) is 3.83. The molecule has 4 nitrogen and oxygen atoms in total. The van der Waals surface area contributed by atoms with Crippen LogP contribution in [0.15, 0.2) is 73.1 Å². The molecule has 132 valence electrons. The van der Waals surface area contributed by atoms with E-state index in [0.717, 1.165) is 11.1 Å². The molecule has 0 atom stereocenters. The number of nitrogens with zero attached hydrogens (tertiary/aromatic N) is 1. The number of halogens is 1. The van der Waals surface area contributed by atoms with Gasteiger partial charge in [0.1, 0.15) is 17.3 Å². The van der Waals surface area contributed by atoms with Crippen molar-refractivity contribution in [3.8, 4) is 11.5 Å². The van der Waals surface area contributed by atoms with Crippen molar-refractivity contribution in [3.63, 3.8) is 0 Å². The number of benzene rings is 2. The van der Waals surface area contributed by atoms with Gasteiger partial charge in [-0.2, -0.15) is 0 Å². The van der Waals surface area contributed by atoms with Crippen molar-refractivity contribution in [1.29, 1.82) is 0 Å². The fourth-order valence-corrected chi connectivity index (χ4v) is 2.45. The Morgan fingerprint density at radius 2 is 1.73 bits per heavy atom. The first-order valence-corrected chi connectivity index (χ1v) is 8.37. The van der Waals surface area contributed by atoms with Crippen LogP contribution >= 0.6 is 0 Å². The summed E-state index contributed by atoms with van der Waals surface area (Å²) in [6, 6.07) is 17.2. The minimum absolute atomic E-state index is 0.00771. The molecule has 3 aromatic rings. The Hall–Kier alpha value is -3.21. The van der Waals surface area contributed by atoms with Gasteiger partial charge in [-0.3, -0.25) is 9.78 Å². The molecule has 26 heavy (non-hydrogen) atoms. The molecule has 0 saturated heterocycles. The number of aromatic nitrogens is 1. The molecule has 0 bridgehead atoms. The van der Waals surface area contributed by atoms with Gasteiger partial charge < -0.3 is 10.1 Å². The van der Waals surface area contributed by atoms with Gasteiger partial charge >= 0.3 is 0 Å². The van der Waals surface area contributed by atoms with E-state index in [0.29, 0.717) is 30.9 Å². The highest BCUT2D eigenvalue weighted by Gasteiger charge is 2.04. The zero-order valence-corrected chi connectivity index (χ0v) is 14.2. The summed E-state index contributed by atoms with van der Waals surface area (Å²) in [6.07, 6.45) is 4.41. The van der Waals surface area contributed by atoms with Crippen LogP contribution in [0.4, 0.5) is 4.39 Å². The van der Waals surface area contributed by atoms with Gasteiger partial charge in [-0.15, -0.1) is 0 Å². The van der Waals surface area contributed by atoms with Crippen molar-refractivity contribution >= 4 is 5.91 Å². The van der Waals surface area contributed by atoms with Gasteiger partial charge in [0.25, 0.3) is 0 Å². The van der Waals surface area contributed by atoms with E-state index in [2.05, 4.69) is 10.3 Å². The normalized spacial score (nSPS) is 10.3. The number of hydrogen-bond acceptors (Lipinski definition) is 3. The number of amides is 1. The van der Waals surface area contributed by atoms with E-state index in [-0.39, 0.29) is 11.7 Å². The topological polar surface area (TPSA) is 51.2 Å². The Bertz CT molecular complexity index is 851. The van der Waals surface area contributed by atoms with Crippen molar-refractivity contribution in [1.82, 2.24) is 10.3 Å². The van der Waals surface area contributed by atoms with Crippen LogP contribution in [0.25, 0.3) is 0 Å². The molecule has 0 fully saturated rings. The lowest BCUT2D eigenvalue weighted by atomic mass is 10.1. The summed E-state index contributed by atoms with van der Waals surface area (Å²) in [6.45, 7) is 0.495. The number of carbonyl (C=O) groups is 1. The number of ether oxygens (including phenoxy) is 1. The Kier molecular flexibility index (Phi) is 5.93. The van der Waals surface area contributed by atoms with Crippen molar-refractivity contribution in [2.24, 2.45) is 0 Å². The summed E-state index contributed by atoms with van der Waals surface area (Å²) >= 11 is 0. The van der Waals surface area contributed by atoms with Crippen LogP contribution < -0.4 is 10.1 Å². The lowest BCUT2D eigenvalue weighted by Crippen LogP contribution is -2.22. The molecule has 0 aliphatic rings. The number of pyridine rings is 1. The first kappa shape index (κ1) is 17.6. The Morgan fingerprint density at radius 1 is 0.962 bits per heavy atom. The standard InChI is InChI=1S/C21H19FN2O2/c22-18-5-7-19(8-6-18)26-20-3-1-2-16(14-20)4-9-21(25)24-15-17-10-12-23-13-11-17/h1-3,5-8,10-14H,4,9,15H2,(H,24,25). The first-order valence-electron chi connectivity index (χ1n) is 8.37. The molecule has 0 spiro atoms. The Morgan fingerprint density at radius 3 is 2.50 bits per heavy atom. The Balaban J connectivity index is 1.50. The van der Waals surface area contributed by atoms with Gasteiger partial charge in [0.2, 0.25) is 5.91 Å². The average molecular weight is 350 g/mol. The van der Waals surface area contributed by atoms with Crippen LogP contribution in [0.5, 0.6) is 11.5 Å². The minimum Gasteiger partial charge on any atom is -0.457 e. The van der Waals surface area contributed by atoms with E-state index >= 15 is 0 Å². The van der Waals surface area contributed by atoms with E-state index < -0.39 is 0 Å². The molecule has 2 aromatic carbocycles. The molecule has 3 rings (SSSR count). The van der Waals surface area contributed by atoms with Crippen LogP contribution in [0.1, 0.15) is 17.5 Å². The Labute approximate surface area is 151 Å². The van der Waals surface area contributed by atoms with E-state index in [1.807, 2.05) is 36.4 Å². The maximum absolute atomic E-state index is 12.9. The van der Waals surface area contributed by atoms with Gasteiger partial charge in [-0.1, -0.05) is 12.1 Å². The number of rotatable bonds is 7. The SMILES string of the molecule is O=C(CCc1cccc(Oc2ccc(F)cc2)c1)NCc1ccncc1. The summed E-state index contributed by atoms with van der Waals surface area (Å²) in [5, 5.41) is 2.90. The second-order valence-corrected chi connectivity index (χ2v) is 5.84. The van der Waals surface area contributed by atoms with Crippen LogP contribution in [0.2, 0.25) is 0 Å². The number of hydrogen-bond donors (Lipinski definition) is 1. The fourth-order valence-electron chi connectivity index (χ4n) is 2.45. The third kappa shape index (κ3) is 5.41. The predicted octanol–water partition coefficient (Wildman–Crippen LogP) is 4.26. The van der Waals surface area contributed by atoms with Crippen LogP contribution in [0.3, 0.4) is 0 Å². The predicted molar refractivity (Wildman–Crippen MR) is 97.3 cm³/mol. The molecular weight excluding hydrogens is 331 g/mol. The van der Waals surface area contributed by atoms with Crippen molar-refractivity contribution < 1.29 is 13.9 Å². The molecule has 0 radical (unpaired) electrons. The fraction of sp³-hybridized carbons (Fsp3) is 0.143. The van der Waals surface area contributed by atoms with Crippen LogP contribution in [0, 0.1) is 5.82 Å². The summed E-state index contributed by atoms with van der Waals surface area (Å²) in [4.78, 5) is 16.0. The van der Waals surface area contributed by atoms with Crippen molar-refractivity contribution in [2.45, 2.75) is 19.4 Å². The molecule has 0 aliphatic heterocycles. The van der Waals surface area contributed by atoms with Crippen molar-refractivity contribution in [2.75, 3.05) is 0 Å². The highest BCUT2D eigenvalue weighted by molar-refractivity contribution is 5.76. The number of carbonyl (C=O) groups excluding carboxylic acids is 1. The van der Waals surface area contributed by atoms with E-state index in [4.69, 9.17) is 4.74 Å². The second-order valence-electron chi connectivity index (χ2n) is 5.84. The quantitative estimate of drug-likeness (QED) is 0.693. The highest BCUT2D eigenvalue weighted by atomic mass is 19.1. The molecule has 1 N–H and O–H groups in total. The maximum atomic E-state index is 12.9. The van der Waals surface area contributed by atoms with E-state index in [9.17, 15) is 9.18 Å². The zero-order valence-electron chi connectivity index (χ0n) is 14.2. The molecule has 0 unspecified atom stereocenters. The second kappa shape index (κ2) is 8.76. The number of nitrogens with one attached hydrogen (secondary N) is 1. The molecule has 1 heterocycles. The summed E-state index contributed by atoms with van der Waals surface area (Å²) in [7, 11) is 0. The van der Waals surface area contributed by atoms with Gasteiger partial charge in [0, 0.05) is 25.4 Å². The average Bonchev–Trinajstić information content (AvgIpc) is 2.68. The lowest BCUT2D eigenvalue weighted by Gasteiger charge is -2.08. The minimum atomic E-state index is -0.302. The lowest BCUT2D eigenvalue weighted by molar-refractivity contribution is -0.121. The smallest absolute Gasteiger partial charge is 0.220 e. The third-order valence-electron chi connectivity index (χ3n) is 3.83. The monoisotopic (exact) mass is 350 g/mol. The zero-order chi connectivity index (χ0) is 18.2. The number of aryl methyl sites for hydroxylation is 1. The molecular formula is C21H19FN2O2. The maximum Gasteiger partial charge on any atom is 0.220 e. The van der Waals surface area contributed by atoms with E-state index in [1.54, 1.807) is 24.5 Å². The first-order chi connectivity index (χ1) is 12.7. The van der Waals surface area contributed by atoms with Crippen LogP contribution in [-0.4, -0.2) is 10.9 Å². The summed E-state index contributed by atoms with van der Waals surface area (Å²) in [5.74, 6) is 0.917. The highest BCUT2D eigenvalue weighted by Crippen LogP contribution is 2.22. The molecule has 1 amide bonds. The summed E-state index contributed by atoms with van der Waals surface area (Å²) in [5.41, 5.74) is 2.02. The molecule has 1 aromatic heterocycles. The largest absolute Gasteiger partial charge is 0.457 e. The van der Waals surface area contributed by atoms with Gasteiger partial charge in [-0.25, -0.2) is 4.39 Å². The molecule has 5 heteroatoms. The van der Waals surface area contributed by atoms with Crippen molar-refractivity contribution in [3.05, 3.63) is 90.0 Å². The molecule has 0 saturated carbocycles. The van der Waals surface area contributed by atoms with Gasteiger partial charge in [0.05, 0.1) is 0 Å².